The number of benzene rings is 2. The first-order valence-corrected chi connectivity index (χ1v) is 12.0. The highest BCUT2D eigenvalue weighted by Gasteiger charge is 2.27. The van der Waals surface area contributed by atoms with Gasteiger partial charge in [0, 0.05) is 41.1 Å². The molecule has 2 aliphatic heterocycles. The van der Waals surface area contributed by atoms with Gasteiger partial charge in [-0.1, -0.05) is 30.2 Å². The molecule has 5 rings (SSSR count). The van der Waals surface area contributed by atoms with Gasteiger partial charge in [-0.25, -0.2) is 0 Å². The van der Waals surface area contributed by atoms with Crippen LogP contribution in [0.2, 0.25) is 0 Å². The van der Waals surface area contributed by atoms with E-state index < -0.39 is 0 Å². The predicted molar refractivity (Wildman–Crippen MR) is 126 cm³/mol. The van der Waals surface area contributed by atoms with Gasteiger partial charge in [-0.05, 0) is 62.7 Å². The number of amides is 1. The third-order valence-electron chi connectivity index (χ3n) is 6.19. The molecule has 2 aliphatic rings. The molecule has 2 aromatic carbocycles. The summed E-state index contributed by atoms with van der Waals surface area (Å²) in [4.78, 5) is 16.8. The summed E-state index contributed by atoms with van der Waals surface area (Å²) in [6.07, 6.45) is 3.94. The van der Waals surface area contributed by atoms with Gasteiger partial charge in [0.15, 0.2) is 5.69 Å². The topological polar surface area (TPSA) is 50.2 Å². The van der Waals surface area contributed by atoms with Crippen molar-refractivity contribution in [2.75, 3.05) is 18.4 Å². The fourth-order valence-corrected chi connectivity index (χ4v) is 5.64. The van der Waals surface area contributed by atoms with Crippen molar-refractivity contribution in [3.05, 3.63) is 64.8 Å². The Morgan fingerprint density at radius 3 is 2.65 bits per heavy atom. The first kappa shape index (κ1) is 20.3. The van der Waals surface area contributed by atoms with Crippen molar-refractivity contribution in [2.24, 2.45) is 7.05 Å². The van der Waals surface area contributed by atoms with Gasteiger partial charge in [-0.15, -0.1) is 11.8 Å². The van der Waals surface area contributed by atoms with Gasteiger partial charge in [0.25, 0.3) is 5.91 Å². The van der Waals surface area contributed by atoms with Crippen molar-refractivity contribution in [1.82, 2.24) is 14.7 Å². The van der Waals surface area contributed by atoms with Gasteiger partial charge in [-0.2, -0.15) is 5.10 Å². The fraction of sp³-hybridized carbons (Fsp3) is 0.360. The summed E-state index contributed by atoms with van der Waals surface area (Å²) < 4.78 is 1.85. The Labute approximate surface area is 187 Å². The number of piperidine rings is 1. The number of likely N-dealkylation sites (tertiary alicyclic amines) is 1. The molecule has 0 unspecified atom stereocenters. The van der Waals surface area contributed by atoms with Crippen molar-refractivity contribution in [3.8, 4) is 11.3 Å². The Bertz CT molecular complexity index is 1110. The summed E-state index contributed by atoms with van der Waals surface area (Å²) in [5, 5.41) is 7.65. The van der Waals surface area contributed by atoms with E-state index in [0.717, 1.165) is 29.2 Å². The lowest BCUT2D eigenvalue weighted by Gasteiger charge is -2.26. The van der Waals surface area contributed by atoms with E-state index in [9.17, 15) is 4.79 Å². The van der Waals surface area contributed by atoms with Gasteiger partial charge in [0.2, 0.25) is 0 Å². The van der Waals surface area contributed by atoms with Gasteiger partial charge in [-0.3, -0.25) is 14.4 Å². The lowest BCUT2D eigenvalue weighted by molar-refractivity contribution is 0.102. The molecule has 1 aromatic heterocycles. The molecular weight excluding hydrogens is 404 g/mol. The van der Waals surface area contributed by atoms with E-state index in [2.05, 4.69) is 52.6 Å². The van der Waals surface area contributed by atoms with Crippen molar-refractivity contribution < 1.29 is 4.79 Å². The Hall–Kier alpha value is -2.57. The second kappa shape index (κ2) is 8.52. The molecule has 6 heteroatoms. The molecule has 31 heavy (non-hydrogen) atoms. The molecule has 0 atom stereocenters. The zero-order chi connectivity index (χ0) is 21.4. The number of thioether (sulfide) groups is 1. The van der Waals surface area contributed by atoms with Crippen LogP contribution in [0.25, 0.3) is 11.3 Å². The fourth-order valence-electron chi connectivity index (χ4n) is 4.59. The van der Waals surface area contributed by atoms with Gasteiger partial charge < -0.3 is 5.32 Å². The van der Waals surface area contributed by atoms with Crippen LogP contribution < -0.4 is 5.32 Å². The number of nitrogens with one attached hydrogen (secondary N) is 1. The zero-order valence-corrected chi connectivity index (χ0v) is 19.0. The number of aromatic nitrogens is 2. The molecule has 0 spiro atoms. The molecule has 0 radical (unpaired) electrons. The first-order valence-electron chi connectivity index (χ1n) is 11.0. The SMILES string of the molecule is Cc1ccc2c(c1)-c1c(c(C(=O)Nc3ccc(CN4CCCCC4)cc3)nn1C)CS2. The van der Waals surface area contributed by atoms with Crippen molar-refractivity contribution in [1.29, 1.82) is 0 Å². The average molecular weight is 433 g/mol. The second-order valence-electron chi connectivity index (χ2n) is 8.58. The van der Waals surface area contributed by atoms with E-state index in [1.165, 1.54) is 53.9 Å². The number of hydrogen-bond acceptors (Lipinski definition) is 4. The van der Waals surface area contributed by atoms with Crippen molar-refractivity contribution >= 4 is 23.4 Å². The zero-order valence-electron chi connectivity index (χ0n) is 18.1. The number of fused-ring (bicyclic) bond motifs is 3. The summed E-state index contributed by atoms with van der Waals surface area (Å²) >= 11 is 1.77. The highest BCUT2D eigenvalue weighted by Crippen LogP contribution is 2.43. The Morgan fingerprint density at radius 2 is 1.87 bits per heavy atom. The van der Waals surface area contributed by atoms with Crippen LogP contribution in [0.1, 0.15) is 46.4 Å². The summed E-state index contributed by atoms with van der Waals surface area (Å²) in [6, 6.07) is 14.7. The van der Waals surface area contributed by atoms with Gasteiger partial charge >= 0.3 is 0 Å². The predicted octanol–water partition coefficient (Wildman–Crippen LogP) is 5.24. The van der Waals surface area contributed by atoms with Gasteiger partial charge in [0.1, 0.15) is 0 Å². The highest BCUT2D eigenvalue weighted by atomic mass is 32.2. The average Bonchev–Trinajstić information content (AvgIpc) is 3.13. The molecule has 5 nitrogen and oxygen atoms in total. The molecule has 1 saturated heterocycles. The van der Waals surface area contributed by atoms with E-state index in [-0.39, 0.29) is 5.91 Å². The first-order chi connectivity index (χ1) is 15.1. The molecule has 3 heterocycles. The molecular formula is C25H28N4OS. The summed E-state index contributed by atoms with van der Waals surface area (Å²) in [6.45, 7) is 5.45. The maximum absolute atomic E-state index is 13.1. The molecule has 1 amide bonds. The van der Waals surface area contributed by atoms with Gasteiger partial charge in [0.05, 0.1) is 5.69 Å². The van der Waals surface area contributed by atoms with Crippen LogP contribution in [0.4, 0.5) is 5.69 Å². The molecule has 0 saturated carbocycles. The molecule has 0 bridgehead atoms. The van der Waals surface area contributed by atoms with Crippen LogP contribution in [0.5, 0.6) is 0 Å². The number of hydrogen-bond donors (Lipinski definition) is 1. The van der Waals surface area contributed by atoms with E-state index >= 15 is 0 Å². The van der Waals surface area contributed by atoms with Crippen LogP contribution in [-0.2, 0) is 19.3 Å². The number of carbonyl (C=O) groups is 1. The minimum Gasteiger partial charge on any atom is -0.321 e. The van der Waals surface area contributed by atoms with E-state index in [1.807, 2.05) is 23.9 Å². The third kappa shape index (κ3) is 4.14. The Balaban J connectivity index is 1.33. The number of anilines is 1. The maximum atomic E-state index is 13.1. The van der Waals surface area contributed by atoms with Crippen LogP contribution in [0.3, 0.4) is 0 Å². The molecule has 160 valence electrons. The molecule has 1 fully saturated rings. The smallest absolute Gasteiger partial charge is 0.276 e. The number of carbonyl (C=O) groups excluding carboxylic acids is 1. The third-order valence-corrected chi connectivity index (χ3v) is 7.29. The van der Waals surface area contributed by atoms with Crippen molar-refractivity contribution in [3.63, 3.8) is 0 Å². The largest absolute Gasteiger partial charge is 0.321 e. The Morgan fingerprint density at radius 1 is 1.10 bits per heavy atom. The van der Waals surface area contributed by atoms with Crippen molar-refractivity contribution in [2.45, 2.75) is 43.4 Å². The number of aryl methyl sites for hydroxylation is 2. The Kier molecular flexibility index (Phi) is 5.59. The highest BCUT2D eigenvalue weighted by molar-refractivity contribution is 7.98. The van der Waals surface area contributed by atoms with Crippen LogP contribution in [-0.4, -0.2) is 33.7 Å². The lowest BCUT2D eigenvalue weighted by Crippen LogP contribution is -2.29. The van der Waals surface area contributed by atoms with Crippen LogP contribution >= 0.6 is 11.8 Å². The number of nitrogens with zero attached hydrogens (tertiary/aromatic N) is 3. The molecule has 0 aliphatic carbocycles. The van der Waals surface area contributed by atoms with E-state index in [1.54, 1.807) is 11.8 Å². The molecule has 3 aromatic rings. The van der Waals surface area contributed by atoms with Crippen LogP contribution in [0.15, 0.2) is 47.4 Å². The van der Waals surface area contributed by atoms with E-state index in [4.69, 9.17) is 0 Å². The summed E-state index contributed by atoms with van der Waals surface area (Å²) in [7, 11) is 1.92. The molecule has 1 N–H and O–H groups in total. The van der Waals surface area contributed by atoms with E-state index in [0.29, 0.717) is 5.69 Å². The quantitative estimate of drug-likeness (QED) is 0.613. The second-order valence-corrected chi connectivity index (χ2v) is 9.59. The minimum absolute atomic E-state index is 0.141. The standard InChI is InChI=1S/C25H28N4OS/c1-17-6-11-22-20(14-17)24-21(16-31-22)23(27-28(24)2)25(30)26-19-9-7-18(8-10-19)15-29-12-4-3-5-13-29/h6-11,14H,3-5,12-13,15-16H2,1-2H3,(H,26,30). The summed E-state index contributed by atoms with van der Waals surface area (Å²) in [5.41, 5.74) is 7.08. The van der Waals surface area contributed by atoms with Crippen LogP contribution in [0, 0.1) is 6.92 Å². The lowest BCUT2D eigenvalue weighted by atomic mass is 10.0. The normalized spacial score (nSPS) is 15.9. The maximum Gasteiger partial charge on any atom is 0.276 e. The monoisotopic (exact) mass is 432 g/mol. The minimum atomic E-state index is -0.141. The summed E-state index contributed by atoms with van der Waals surface area (Å²) in [5.74, 6) is 0.619. The number of rotatable bonds is 4.